The van der Waals surface area contributed by atoms with Crippen molar-refractivity contribution in [3.8, 4) is 29.2 Å². The standard InChI is InChI=1S/C44H43ClN4O4/c1-31(2)37-12-15-39(16-13-37)51-29-36-10-6-34(7-11-36)28-48-20-22-49(23-21-48)44(50)19-14-38-25-41(45)42(24-32(38)3)53-43-18-17-40(27-47-43)52-30-35-8-4-33(26-46)5-9-35/h4-19,24-25,27,31H,20-23,28-30H2,1-3H3/b19-14+. The number of nitriles is 1. The maximum atomic E-state index is 13.1. The highest BCUT2D eigenvalue weighted by Gasteiger charge is 2.20. The minimum absolute atomic E-state index is 0.0191. The van der Waals surface area contributed by atoms with Crippen molar-refractivity contribution in [3.05, 3.63) is 153 Å². The first-order valence-corrected chi connectivity index (χ1v) is 18.2. The molecule has 1 aliphatic rings. The van der Waals surface area contributed by atoms with E-state index in [0.717, 1.165) is 47.6 Å². The molecule has 0 atom stereocenters. The third-order valence-corrected chi connectivity index (χ3v) is 9.50. The zero-order valence-electron chi connectivity index (χ0n) is 30.3. The monoisotopic (exact) mass is 726 g/mol. The summed E-state index contributed by atoms with van der Waals surface area (Å²) < 4.78 is 17.8. The van der Waals surface area contributed by atoms with Crippen molar-refractivity contribution in [2.75, 3.05) is 26.2 Å². The third-order valence-electron chi connectivity index (χ3n) is 9.20. The number of benzene rings is 4. The Labute approximate surface area is 316 Å². The van der Waals surface area contributed by atoms with E-state index in [1.807, 2.05) is 48.2 Å². The minimum Gasteiger partial charge on any atom is -0.489 e. The summed E-state index contributed by atoms with van der Waals surface area (Å²) in [5.41, 5.74) is 6.99. The molecule has 0 bridgehead atoms. The fourth-order valence-corrected chi connectivity index (χ4v) is 6.11. The highest BCUT2D eigenvalue weighted by Crippen LogP contribution is 2.32. The Hall–Kier alpha value is -5.62. The van der Waals surface area contributed by atoms with E-state index in [9.17, 15) is 4.79 Å². The van der Waals surface area contributed by atoms with E-state index in [-0.39, 0.29) is 5.91 Å². The molecule has 2 heterocycles. The van der Waals surface area contributed by atoms with Crippen molar-refractivity contribution in [1.82, 2.24) is 14.8 Å². The van der Waals surface area contributed by atoms with Crippen LogP contribution in [-0.4, -0.2) is 46.9 Å². The smallest absolute Gasteiger partial charge is 0.246 e. The molecule has 8 nitrogen and oxygen atoms in total. The normalized spacial score (nSPS) is 13.2. The Kier molecular flexibility index (Phi) is 12.4. The third kappa shape index (κ3) is 10.5. The average molecular weight is 727 g/mol. The van der Waals surface area contributed by atoms with Gasteiger partial charge in [0.05, 0.1) is 22.9 Å². The van der Waals surface area contributed by atoms with Gasteiger partial charge in [0.1, 0.15) is 30.5 Å². The van der Waals surface area contributed by atoms with Crippen molar-refractivity contribution in [2.24, 2.45) is 0 Å². The highest BCUT2D eigenvalue weighted by molar-refractivity contribution is 6.32. The fraction of sp³-hybridized carbons (Fsp3) is 0.250. The van der Waals surface area contributed by atoms with E-state index in [1.54, 1.807) is 42.6 Å². The van der Waals surface area contributed by atoms with Crippen LogP contribution in [0.1, 0.15) is 58.7 Å². The number of carbonyl (C=O) groups excluding carboxylic acids is 1. The summed E-state index contributed by atoms with van der Waals surface area (Å²) in [5.74, 6) is 2.80. The Morgan fingerprint density at radius 2 is 1.47 bits per heavy atom. The molecule has 1 aliphatic heterocycles. The second-order valence-electron chi connectivity index (χ2n) is 13.4. The molecule has 0 aliphatic carbocycles. The van der Waals surface area contributed by atoms with Gasteiger partial charge in [-0.3, -0.25) is 9.69 Å². The molecule has 1 saturated heterocycles. The Bertz CT molecular complexity index is 2050. The first kappa shape index (κ1) is 37.1. The van der Waals surface area contributed by atoms with Gasteiger partial charge < -0.3 is 19.1 Å². The SMILES string of the molecule is Cc1cc(Oc2ccc(OCc3ccc(C#N)cc3)cn2)c(Cl)cc1/C=C/C(=O)N1CCN(Cc2ccc(COc3ccc(C(C)C)cc3)cc2)CC1. The number of aromatic nitrogens is 1. The highest BCUT2D eigenvalue weighted by atomic mass is 35.5. The number of carbonyl (C=O) groups is 1. The number of piperazine rings is 1. The van der Waals surface area contributed by atoms with E-state index in [0.29, 0.717) is 60.2 Å². The van der Waals surface area contributed by atoms with Gasteiger partial charge in [-0.25, -0.2) is 4.98 Å². The van der Waals surface area contributed by atoms with Crippen LogP contribution in [-0.2, 0) is 24.6 Å². The van der Waals surface area contributed by atoms with E-state index in [2.05, 4.69) is 66.2 Å². The van der Waals surface area contributed by atoms with Crippen LogP contribution in [0.15, 0.2) is 109 Å². The van der Waals surface area contributed by atoms with Crippen molar-refractivity contribution >= 4 is 23.6 Å². The van der Waals surface area contributed by atoms with Gasteiger partial charge in [-0.1, -0.05) is 74.0 Å². The number of aryl methyl sites for hydroxylation is 1. The van der Waals surface area contributed by atoms with Gasteiger partial charge >= 0.3 is 0 Å². The molecular weight excluding hydrogens is 684 g/mol. The van der Waals surface area contributed by atoms with Gasteiger partial charge in [-0.15, -0.1) is 0 Å². The average Bonchev–Trinajstić information content (AvgIpc) is 3.18. The number of rotatable bonds is 13. The summed E-state index contributed by atoms with van der Waals surface area (Å²) >= 11 is 6.59. The Balaban J connectivity index is 0.936. The summed E-state index contributed by atoms with van der Waals surface area (Å²) in [7, 11) is 0. The molecule has 0 spiro atoms. The lowest BCUT2D eigenvalue weighted by Gasteiger charge is -2.34. The Morgan fingerprint density at radius 3 is 2.09 bits per heavy atom. The zero-order chi connectivity index (χ0) is 37.2. The molecule has 1 amide bonds. The number of pyridine rings is 1. The number of hydrogen-bond acceptors (Lipinski definition) is 7. The molecular formula is C44H43ClN4O4. The van der Waals surface area contributed by atoms with Gasteiger partial charge in [-0.05, 0) is 94.8 Å². The molecule has 0 N–H and O–H groups in total. The molecule has 0 radical (unpaired) electrons. The predicted octanol–water partition coefficient (Wildman–Crippen LogP) is 9.35. The van der Waals surface area contributed by atoms with E-state index in [1.165, 1.54) is 11.1 Å². The van der Waals surface area contributed by atoms with Crippen LogP contribution < -0.4 is 14.2 Å². The van der Waals surface area contributed by atoms with Gasteiger partial charge in [0.2, 0.25) is 11.8 Å². The van der Waals surface area contributed by atoms with Crippen molar-refractivity contribution in [3.63, 3.8) is 0 Å². The van der Waals surface area contributed by atoms with Crippen molar-refractivity contribution in [2.45, 2.75) is 46.4 Å². The number of hydrogen-bond donors (Lipinski definition) is 0. The zero-order valence-corrected chi connectivity index (χ0v) is 31.1. The lowest BCUT2D eigenvalue weighted by atomic mass is 10.0. The largest absolute Gasteiger partial charge is 0.489 e. The first-order valence-electron chi connectivity index (χ1n) is 17.8. The van der Waals surface area contributed by atoms with Crippen LogP contribution in [0.5, 0.6) is 23.1 Å². The summed E-state index contributed by atoms with van der Waals surface area (Å²) in [6, 6.07) is 33.4. The molecule has 5 aromatic rings. The van der Waals surface area contributed by atoms with Crippen LogP contribution in [0.4, 0.5) is 0 Å². The molecule has 0 saturated carbocycles. The Morgan fingerprint density at radius 1 is 0.849 bits per heavy atom. The molecule has 270 valence electrons. The number of nitrogens with zero attached hydrogens (tertiary/aromatic N) is 4. The molecule has 53 heavy (non-hydrogen) atoms. The van der Waals surface area contributed by atoms with E-state index < -0.39 is 0 Å². The summed E-state index contributed by atoms with van der Waals surface area (Å²) in [4.78, 5) is 21.7. The van der Waals surface area contributed by atoms with Crippen LogP contribution in [0.2, 0.25) is 5.02 Å². The summed E-state index contributed by atoms with van der Waals surface area (Å²) in [6.45, 7) is 11.0. The second-order valence-corrected chi connectivity index (χ2v) is 13.8. The number of halogens is 1. The van der Waals surface area contributed by atoms with E-state index in [4.69, 9.17) is 31.1 Å². The molecule has 9 heteroatoms. The van der Waals surface area contributed by atoms with Crippen molar-refractivity contribution in [1.29, 1.82) is 5.26 Å². The summed E-state index contributed by atoms with van der Waals surface area (Å²) in [6.07, 6.45) is 5.02. The quantitative estimate of drug-likeness (QED) is 0.112. The second kappa shape index (κ2) is 17.7. The molecule has 4 aromatic carbocycles. The first-order chi connectivity index (χ1) is 25.7. The van der Waals surface area contributed by atoms with Gasteiger partial charge in [0.15, 0.2) is 0 Å². The van der Waals surface area contributed by atoms with Crippen LogP contribution in [0.3, 0.4) is 0 Å². The van der Waals surface area contributed by atoms with E-state index >= 15 is 0 Å². The van der Waals surface area contributed by atoms with Gasteiger partial charge in [0.25, 0.3) is 0 Å². The molecule has 0 unspecified atom stereocenters. The number of ether oxygens (including phenoxy) is 3. The van der Waals surface area contributed by atoms with Gasteiger partial charge in [-0.2, -0.15) is 5.26 Å². The topological polar surface area (TPSA) is 87.9 Å². The maximum Gasteiger partial charge on any atom is 0.246 e. The van der Waals surface area contributed by atoms with Crippen LogP contribution >= 0.6 is 11.6 Å². The minimum atomic E-state index is -0.0191. The summed E-state index contributed by atoms with van der Waals surface area (Å²) in [5, 5.41) is 9.37. The van der Waals surface area contributed by atoms with Crippen LogP contribution in [0.25, 0.3) is 6.08 Å². The number of amides is 1. The lowest BCUT2D eigenvalue weighted by Crippen LogP contribution is -2.47. The maximum absolute atomic E-state index is 13.1. The van der Waals surface area contributed by atoms with Crippen LogP contribution in [0, 0.1) is 18.3 Å². The molecule has 6 rings (SSSR count). The van der Waals surface area contributed by atoms with Gasteiger partial charge in [0, 0.05) is 44.9 Å². The molecule has 1 fully saturated rings. The fourth-order valence-electron chi connectivity index (χ4n) is 5.90. The lowest BCUT2D eigenvalue weighted by molar-refractivity contribution is -0.127. The molecule has 1 aromatic heterocycles. The predicted molar refractivity (Wildman–Crippen MR) is 208 cm³/mol. The van der Waals surface area contributed by atoms with Crippen molar-refractivity contribution < 1.29 is 19.0 Å².